The zero-order valence-electron chi connectivity index (χ0n) is 12.4. The number of rotatable bonds is 3. The molecule has 0 radical (unpaired) electrons. The summed E-state index contributed by atoms with van der Waals surface area (Å²) in [5.41, 5.74) is 3.65. The molecule has 0 amide bonds. The fourth-order valence-electron chi connectivity index (χ4n) is 2.44. The molecule has 1 aromatic carbocycles. The van der Waals surface area contributed by atoms with E-state index in [1.807, 2.05) is 19.1 Å². The Morgan fingerprint density at radius 1 is 1.32 bits per heavy atom. The summed E-state index contributed by atoms with van der Waals surface area (Å²) in [5.74, 6) is 1.54. The molecular formula is C17H16BrNO2S. The highest BCUT2D eigenvalue weighted by atomic mass is 79.9. The normalized spacial score (nSPS) is 13.5. The molecule has 1 aromatic heterocycles. The smallest absolute Gasteiger partial charge is 0.344 e. The first-order valence-corrected chi connectivity index (χ1v) is 8.79. The molecule has 0 saturated heterocycles. The molecule has 0 unspecified atom stereocenters. The minimum atomic E-state index is -0.252. The molecule has 0 spiro atoms. The van der Waals surface area contributed by atoms with Crippen molar-refractivity contribution in [2.75, 3.05) is 17.6 Å². The predicted molar refractivity (Wildman–Crippen MR) is 95.8 cm³/mol. The highest BCUT2D eigenvalue weighted by molar-refractivity contribution is 9.10. The van der Waals surface area contributed by atoms with E-state index in [0.717, 1.165) is 26.4 Å². The van der Waals surface area contributed by atoms with Gasteiger partial charge in [0.05, 0.1) is 5.56 Å². The molecule has 0 aliphatic carbocycles. The van der Waals surface area contributed by atoms with E-state index in [1.54, 1.807) is 11.8 Å². The van der Waals surface area contributed by atoms with E-state index in [9.17, 15) is 4.79 Å². The van der Waals surface area contributed by atoms with E-state index >= 15 is 0 Å². The number of hydrogen-bond donors (Lipinski definition) is 1. The second kappa shape index (κ2) is 6.34. The Labute approximate surface area is 141 Å². The van der Waals surface area contributed by atoms with Crippen LogP contribution < -0.4 is 10.9 Å². The Morgan fingerprint density at radius 2 is 2.14 bits per heavy atom. The number of aryl methyl sites for hydroxylation is 2. The summed E-state index contributed by atoms with van der Waals surface area (Å²) in [6, 6.07) is 8.11. The van der Waals surface area contributed by atoms with Gasteiger partial charge in [0.2, 0.25) is 0 Å². The molecule has 5 heteroatoms. The number of anilines is 1. The Hall–Kier alpha value is -1.46. The summed E-state index contributed by atoms with van der Waals surface area (Å²) in [6.45, 7) is 4.46. The van der Waals surface area contributed by atoms with E-state index < -0.39 is 0 Å². The molecule has 114 valence electrons. The predicted octanol–water partition coefficient (Wildman–Crippen LogP) is 4.62. The highest BCUT2D eigenvalue weighted by Gasteiger charge is 2.18. The van der Waals surface area contributed by atoms with Crippen molar-refractivity contribution in [2.45, 2.75) is 18.7 Å². The summed E-state index contributed by atoms with van der Waals surface area (Å²) < 4.78 is 6.27. The van der Waals surface area contributed by atoms with Crippen molar-refractivity contribution in [2.24, 2.45) is 0 Å². The zero-order chi connectivity index (χ0) is 15.7. The fourth-order valence-corrected chi connectivity index (χ4v) is 4.14. The maximum atomic E-state index is 12.2. The number of fused-ring (bicyclic) bond motifs is 1. The van der Waals surface area contributed by atoms with Crippen LogP contribution in [0.15, 0.2) is 48.9 Å². The van der Waals surface area contributed by atoms with Crippen molar-refractivity contribution in [3.63, 3.8) is 0 Å². The maximum absolute atomic E-state index is 12.2. The summed E-state index contributed by atoms with van der Waals surface area (Å²) in [4.78, 5) is 13.2. The van der Waals surface area contributed by atoms with Crippen LogP contribution in [0.5, 0.6) is 0 Å². The first-order chi connectivity index (χ1) is 10.5. The minimum Gasteiger partial charge on any atom is -0.428 e. The van der Waals surface area contributed by atoms with Gasteiger partial charge in [-0.25, -0.2) is 4.79 Å². The molecule has 3 rings (SSSR count). The lowest BCUT2D eigenvalue weighted by Gasteiger charge is -2.17. The topological polar surface area (TPSA) is 42.2 Å². The van der Waals surface area contributed by atoms with E-state index in [0.29, 0.717) is 17.9 Å². The summed E-state index contributed by atoms with van der Waals surface area (Å²) >= 11 is 5.24. The lowest BCUT2D eigenvalue weighted by molar-refractivity contribution is 0.473. The van der Waals surface area contributed by atoms with Gasteiger partial charge in [-0.2, -0.15) is 0 Å². The van der Waals surface area contributed by atoms with Gasteiger partial charge >= 0.3 is 5.63 Å². The third kappa shape index (κ3) is 3.15. The van der Waals surface area contributed by atoms with Gasteiger partial charge < -0.3 is 9.73 Å². The van der Waals surface area contributed by atoms with Crippen LogP contribution in [0.4, 0.5) is 5.69 Å². The van der Waals surface area contributed by atoms with E-state index in [4.69, 9.17) is 4.42 Å². The monoisotopic (exact) mass is 377 g/mol. The van der Waals surface area contributed by atoms with Crippen LogP contribution in [0.1, 0.15) is 16.9 Å². The van der Waals surface area contributed by atoms with Crippen molar-refractivity contribution in [3.8, 4) is 0 Å². The van der Waals surface area contributed by atoms with Crippen molar-refractivity contribution < 1.29 is 4.42 Å². The van der Waals surface area contributed by atoms with Gasteiger partial charge in [-0.05, 0) is 59.1 Å². The first-order valence-electron chi connectivity index (χ1n) is 7.01. The first kappa shape index (κ1) is 15.4. The second-order valence-electron chi connectivity index (χ2n) is 5.26. The SMILES string of the molecule is Cc1ccc(NCC2=CCSc3cc(C)oc(=O)c32)c(Br)c1. The van der Waals surface area contributed by atoms with Crippen molar-refractivity contribution in [1.82, 2.24) is 0 Å². The number of nitrogens with one attached hydrogen (secondary N) is 1. The van der Waals surface area contributed by atoms with Crippen LogP contribution in [-0.4, -0.2) is 12.3 Å². The average molecular weight is 378 g/mol. The molecule has 0 saturated carbocycles. The Balaban J connectivity index is 1.85. The molecular weight excluding hydrogens is 362 g/mol. The van der Waals surface area contributed by atoms with E-state index in [2.05, 4.69) is 46.4 Å². The maximum Gasteiger partial charge on any atom is 0.344 e. The molecule has 22 heavy (non-hydrogen) atoms. The quantitative estimate of drug-likeness (QED) is 0.846. The lowest BCUT2D eigenvalue weighted by Crippen LogP contribution is -2.16. The van der Waals surface area contributed by atoms with Crippen molar-refractivity contribution in [3.05, 3.63) is 62.1 Å². The standard InChI is InChI=1S/C17H16BrNO2S/c1-10-3-4-14(13(18)7-10)19-9-12-5-6-22-15-8-11(2)21-17(20)16(12)15/h3-5,7-8,19H,6,9H2,1-2H3. The van der Waals surface area contributed by atoms with Gasteiger partial charge in [0.25, 0.3) is 0 Å². The Bertz CT molecular complexity index is 811. The summed E-state index contributed by atoms with van der Waals surface area (Å²) in [5, 5.41) is 3.39. The van der Waals surface area contributed by atoms with Crippen LogP contribution >= 0.6 is 27.7 Å². The largest absolute Gasteiger partial charge is 0.428 e. The second-order valence-corrected chi connectivity index (χ2v) is 7.18. The molecule has 0 bridgehead atoms. The molecule has 0 fully saturated rings. The molecule has 2 aromatic rings. The third-order valence-electron chi connectivity index (χ3n) is 3.52. The van der Waals surface area contributed by atoms with Crippen molar-refractivity contribution >= 4 is 39.0 Å². The van der Waals surface area contributed by atoms with Crippen LogP contribution in [-0.2, 0) is 0 Å². The van der Waals surface area contributed by atoms with Crippen LogP contribution in [0, 0.1) is 13.8 Å². The molecule has 3 nitrogen and oxygen atoms in total. The number of thioether (sulfide) groups is 1. The van der Waals surface area contributed by atoms with Gasteiger partial charge in [0, 0.05) is 27.4 Å². The number of hydrogen-bond acceptors (Lipinski definition) is 4. The molecule has 1 N–H and O–H groups in total. The Kier molecular flexibility index (Phi) is 4.45. The van der Waals surface area contributed by atoms with Gasteiger partial charge in [-0.3, -0.25) is 0 Å². The molecule has 0 atom stereocenters. The molecule has 1 aliphatic rings. The van der Waals surface area contributed by atoms with Gasteiger partial charge in [-0.1, -0.05) is 12.1 Å². The van der Waals surface area contributed by atoms with Crippen LogP contribution in [0.25, 0.3) is 5.57 Å². The Morgan fingerprint density at radius 3 is 2.91 bits per heavy atom. The fraction of sp³-hybridized carbons (Fsp3) is 0.235. The van der Waals surface area contributed by atoms with Crippen LogP contribution in [0.2, 0.25) is 0 Å². The number of benzene rings is 1. The number of halogens is 1. The summed E-state index contributed by atoms with van der Waals surface area (Å²) in [6.07, 6.45) is 2.09. The highest BCUT2D eigenvalue weighted by Crippen LogP contribution is 2.32. The zero-order valence-corrected chi connectivity index (χ0v) is 14.8. The molecule has 2 heterocycles. The van der Waals surface area contributed by atoms with Gasteiger partial charge in [-0.15, -0.1) is 11.8 Å². The van der Waals surface area contributed by atoms with Gasteiger partial charge in [0.15, 0.2) is 0 Å². The molecule has 1 aliphatic heterocycles. The van der Waals surface area contributed by atoms with E-state index in [-0.39, 0.29) is 5.63 Å². The lowest BCUT2D eigenvalue weighted by atomic mass is 10.1. The van der Waals surface area contributed by atoms with Crippen LogP contribution in [0.3, 0.4) is 0 Å². The van der Waals surface area contributed by atoms with Crippen molar-refractivity contribution in [1.29, 1.82) is 0 Å². The van der Waals surface area contributed by atoms with Gasteiger partial charge in [0.1, 0.15) is 5.76 Å². The minimum absolute atomic E-state index is 0.252. The van der Waals surface area contributed by atoms with E-state index in [1.165, 1.54) is 5.56 Å². The third-order valence-corrected chi connectivity index (χ3v) is 5.14. The average Bonchev–Trinajstić information content (AvgIpc) is 2.45. The summed E-state index contributed by atoms with van der Waals surface area (Å²) in [7, 11) is 0.